The van der Waals surface area contributed by atoms with E-state index in [9.17, 15) is 4.79 Å². The molecule has 0 atom stereocenters. The largest absolute Gasteiger partial charge is 0.466 e. The van der Waals surface area contributed by atoms with Gasteiger partial charge in [-0.2, -0.15) is 0 Å². The van der Waals surface area contributed by atoms with Crippen molar-refractivity contribution in [2.75, 3.05) is 6.61 Å². The molecule has 0 unspecified atom stereocenters. The number of ether oxygens (including phenoxy) is 1. The summed E-state index contributed by atoms with van der Waals surface area (Å²) < 4.78 is 5.12. The normalized spacial score (nSPS) is 23.6. The Kier molecular flexibility index (Phi) is 8.11. The highest BCUT2D eigenvalue weighted by atomic mass is 16.5. The monoisotopic (exact) mass is 269 g/mol. The molecule has 1 fully saturated rings. The minimum absolute atomic E-state index is 0.0135. The van der Waals surface area contributed by atoms with Crippen LogP contribution in [0.25, 0.3) is 0 Å². The van der Waals surface area contributed by atoms with Gasteiger partial charge in [-0.25, -0.2) is 0 Å². The molecule has 0 bridgehead atoms. The number of nitrogens with one attached hydrogen (secondary N) is 1. The van der Waals surface area contributed by atoms with Crippen molar-refractivity contribution < 1.29 is 9.53 Å². The average Bonchev–Trinajstić information content (AvgIpc) is 2.40. The minimum Gasteiger partial charge on any atom is -0.466 e. The van der Waals surface area contributed by atoms with Crippen LogP contribution in [0, 0.1) is 5.92 Å². The zero-order valence-corrected chi connectivity index (χ0v) is 12.9. The molecule has 0 aromatic heterocycles. The molecular formula is C16H31NO2. The maximum absolute atomic E-state index is 11.7. The van der Waals surface area contributed by atoms with E-state index in [1.165, 1.54) is 25.7 Å². The molecule has 3 nitrogen and oxygen atoms in total. The first kappa shape index (κ1) is 16.5. The van der Waals surface area contributed by atoms with Crippen molar-refractivity contribution in [1.82, 2.24) is 5.32 Å². The highest BCUT2D eigenvalue weighted by Crippen LogP contribution is 2.26. The number of carbonyl (C=O) groups excluding carboxylic acids is 1. The van der Waals surface area contributed by atoms with E-state index in [0.717, 1.165) is 25.7 Å². The Labute approximate surface area is 118 Å². The van der Waals surface area contributed by atoms with Gasteiger partial charge in [0.25, 0.3) is 0 Å². The second kappa shape index (κ2) is 9.35. The Bertz CT molecular complexity index is 241. The SMILES string of the molecule is CCCC(CCC)NC1CCC(C(=O)OCC)CC1. The third kappa shape index (κ3) is 5.94. The molecule has 0 heterocycles. The number of carbonyl (C=O) groups is 1. The van der Waals surface area contributed by atoms with Crippen molar-refractivity contribution >= 4 is 5.97 Å². The smallest absolute Gasteiger partial charge is 0.308 e. The molecule has 0 aromatic carbocycles. The van der Waals surface area contributed by atoms with Crippen LogP contribution in [-0.2, 0) is 9.53 Å². The molecule has 0 aromatic rings. The molecule has 112 valence electrons. The van der Waals surface area contributed by atoms with Gasteiger partial charge in [-0.15, -0.1) is 0 Å². The fourth-order valence-corrected chi connectivity index (χ4v) is 3.10. The van der Waals surface area contributed by atoms with E-state index >= 15 is 0 Å². The zero-order chi connectivity index (χ0) is 14.1. The summed E-state index contributed by atoms with van der Waals surface area (Å²) in [6.45, 7) is 6.89. The van der Waals surface area contributed by atoms with Crippen molar-refractivity contribution in [1.29, 1.82) is 0 Å². The van der Waals surface area contributed by atoms with Gasteiger partial charge in [0.2, 0.25) is 0 Å². The highest BCUT2D eigenvalue weighted by molar-refractivity contribution is 5.72. The molecule has 1 N–H and O–H groups in total. The van der Waals surface area contributed by atoms with E-state index < -0.39 is 0 Å². The third-order valence-electron chi connectivity index (χ3n) is 4.09. The average molecular weight is 269 g/mol. The maximum atomic E-state index is 11.7. The first-order chi connectivity index (χ1) is 9.21. The third-order valence-corrected chi connectivity index (χ3v) is 4.09. The van der Waals surface area contributed by atoms with Gasteiger partial charge < -0.3 is 10.1 Å². The van der Waals surface area contributed by atoms with Crippen molar-refractivity contribution in [3.63, 3.8) is 0 Å². The molecule has 0 spiro atoms. The maximum Gasteiger partial charge on any atom is 0.308 e. The molecule has 19 heavy (non-hydrogen) atoms. The molecule has 3 heteroatoms. The van der Waals surface area contributed by atoms with E-state index in [1.54, 1.807) is 0 Å². The quantitative estimate of drug-likeness (QED) is 0.683. The Balaban J connectivity index is 2.30. The number of hydrogen-bond acceptors (Lipinski definition) is 3. The van der Waals surface area contributed by atoms with Gasteiger partial charge in [0, 0.05) is 12.1 Å². The van der Waals surface area contributed by atoms with Crippen molar-refractivity contribution in [2.45, 2.75) is 84.2 Å². The van der Waals surface area contributed by atoms with Crippen LogP contribution < -0.4 is 5.32 Å². The molecule has 0 amide bonds. The van der Waals surface area contributed by atoms with Crippen molar-refractivity contribution in [3.05, 3.63) is 0 Å². The summed E-state index contributed by atoms with van der Waals surface area (Å²) in [5, 5.41) is 3.80. The first-order valence-electron chi connectivity index (χ1n) is 8.13. The van der Waals surface area contributed by atoms with Gasteiger partial charge in [0.1, 0.15) is 0 Å². The van der Waals surface area contributed by atoms with Crippen LogP contribution in [0.1, 0.15) is 72.1 Å². The fourth-order valence-electron chi connectivity index (χ4n) is 3.10. The summed E-state index contributed by atoms with van der Waals surface area (Å²) in [5.74, 6) is 0.161. The molecule has 1 rings (SSSR count). The number of esters is 1. The molecule has 0 aliphatic heterocycles. The summed E-state index contributed by atoms with van der Waals surface area (Å²) >= 11 is 0. The molecule has 1 saturated carbocycles. The fraction of sp³-hybridized carbons (Fsp3) is 0.938. The summed E-state index contributed by atoms with van der Waals surface area (Å²) in [7, 11) is 0. The number of hydrogen-bond donors (Lipinski definition) is 1. The molecule has 0 radical (unpaired) electrons. The summed E-state index contributed by atoms with van der Waals surface area (Å²) in [5.41, 5.74) is 0. The lowest BCUT2D eigenvalue weighted by atomic mass is 9.85. The lowest BCUT2D eigenvalue weighted by molar-refractivity contribution is -0.149. The van der Waals surface area contributed by atoms with E-state index in [4.69, 9.17) is 4.74 Å². The van der Waals surface area contributed by atoms with E-state index in [0.29, 0.717) is 18.7 Å². The van der Waals surface area contributed by atoms with Crippen LogP contribution in [-0.4, -0.2) is 24.7 Å². The van der Waals surface area contributed by atoms with Crippen LogP contribution >= 0.6 is 0 Å². The molecule has 0 saturated heterocycles. The van der Waals surface area contributed by atoms with Gasteiger partial charge in [-0.1, -0.05) is 26.7 Å². The van der Waals surface area contributed by atoms with Crippen LogP contribution in [0.4, 0.5) is 0 Å². The van der Waals surface area contributed by atoms with Crippen molar-refractivity contribution in [3.8, 4) is 0 Å². The summed E-state index contributed by atoms with van der Waals surface area (Å²) in [6, 6.07) is 1.27. The Morgan fingerprint density at radius 1 is 1.11 bits per heavy atom. The van der Waals surface area contributed by atoms with E-state index in [-0.39, 0.29) is 11.9 Å². The van der Waals surface area contributed by atoms with Gasteiger partial charge >= 0.3 is 5.97 Å². The van der Waals surface area contributed by atoms with Crippen LogP contribution in [0.2, 0.25) is 0 Å². The summed E-state index contributed by atoms with van der Waals surface area (Å²) in [4.78, 5) is 11.7. The molecule has 1 aliphatic carbocycles. The predicted molar refractivity (Wildman–Crippen MR) is 79.1 cm³/mol. The Hall–Kier alpha value is -0.570. The van der Waals surface area contributed by atoms with E-state index in [1.807, 2.05) is 6.92 Å². The number of rotatable bonds is 8. The van der Waals surface area contributed by atoms with E-state index in [2.05, 4.69) is 19.2 Å². The first-order valence-corrected chi connectivity index (χ1v) is 8.13. The topological polar surface area (TPSA) is 38.3 Å². The minimum atomic E-state index is 0.0135. The van der Waals surface area contributed by atoms with Crippen molar-refractivity contribution in [2.24, 2.45) is 5.92 Å². The van der Waals surface area contributed by atoms with Crippen LogP contribution in [0.15, 0.2) is 0 Å². The zero-order valence-electron chi connectivity index (χ0n) is 12.9. The Morgan fingerprint density at radius 2 is 1.68 bits per heavy atom. The summed E-state index contributed by atoms with van der Waals surface area (Å²) in [6.07, 6.45) is 9.24. The lowest BCUT2D eigenvalue weighted by Gasteiger charge is -2.31. The predicted octanol–water partition coefficient (Wildman–Crippen LogP) is 3.67. The second-order valence-corrected chi connectivity index (χ2v) is 5.74. The molecule has 1 aliphatic rings. The lowest BCUT2D eigenvalue weighted by Crippen LogP contribution is -2.41. The molecular weight excluding hydrogens is 238 g/mol. The van der Waals surface area contributed by atoms with Gasteiger partial charge in [0.15, 0.2) is 0 Å². The van der Waals surface area contributed by atoms with Crippen LogP contribution in [0.3, 0.4) is 0 Å². The van der Waals surface area contributed by atoms with Gasteiger partial charge in [-0.05, 0) is 45.4 Å². The Morgan fingerprint density at radius 3 is 2.16 bits per heavy atom. The standard InChI is InChI=1S/C16H31NO2/c1-4-7-14(8-5-2)17-15-11-9-13(10-12-15)16(18)19-6-3/h13-15,17H,4-12H2,1-3H3. The second-order valence-electron chi connectivity index (χ2n) is 5.74. The van der Waals surface area contributed by atoms with Gasteiger partial charge in [-0.3, -0.25) is 4.79 Å². The van der Waals surface area contributed by atoms with Gasteiger partial charge in [0.05, 0.1) is 12.5 Å². The highest BCUT2D eigenvalue weighted by Gasteiger charge is 2.27. The van der Waals surface area contributed by atoms with Crippen LogP contribution in [0.5, 0.6) is 0 Å².